The number of carbonyl (C=O) groups is 2. The summed E-state index contributed by atoms with van der Waals surface area (Å²) in [6.07, 6.45) is 4.32. The predicted molar refractivity (Wildman–Crippen MR) is 166 cm³/mol. The number of sulfone groups is 1. The lowest BCUT2D eigenvalue weighted by molar-refractivity contribution is -0.110. The van der Waals surface area contributed by atoms with Gasteiger partial charge in [-0.2, -0.15) is 0 Å². The third-order valence-corrected chi connectivity index (χ3v) is 10.7. The van der Waals surface area contributed by atoms with Crippen molar-refractivity contribution in [2.75, 3.05) is 38.0 Å². The number of aryl methyl sites for hydroxylation is 1. The minimum Gasteiger partial charge on any atom is -0.358 e. The maximum atomic E-state index is 13.6. The van der Waals surface area contributed by atoms with E-state index in [1.165, 1.54) is 25.0 Å². The van der Waals surface area contributed by atoms with Crippen LogP contribution in [0.5, 0.6) is 0 Å². The lowest BCUT2D eigenvalue weighted by atomic mass is 10.0. The van der Waals surface area contributed by atoms with Crippen molar-refractivity contribution >= 4 is 62.2 Å². The Morgan fingerprint density at radius 1 is 1.05 bits per heavy atom. The fourth-order valence-corrected chi connectivity index (χ4v) is 7.91. The molecule has 0 bridgehead atoms. The maximum absolute atomic E-state index is 13.6. The van der Waals surface area contributed by atoms with Crippen LogP contribution in [0.2, 0.25) is 10.0 Å². The van der Waals surface area contributed by atoms with Gasteiger partial charge in [0.1, 0.15) is 0 Å². The minimum absolute atomic E-state index is 0.0140. The van der Waals surface area contributed by atoms with Gasteiger partial charge in [0.25, 0.3) is 11.8 Å². The molecule has 8 nitrogen and oxygen atoms in total. The number of nitrogens with one attached hydrogen (secondary N) is 2. The van der Waals surface area contributed by atoms with Crippen molar-refractivity contribution in [1.29, 1.82) is 0 Å². The van der Waals surface area contributed by atoms with E-state index in [9.17, 15) is 18.0 Å². The van der Waals surface area contributed by atoms with Crippen LogP contribution in [0.3, 0.4) is 0 Å². The van der Waals surface area contributed by atoms with Gasteiger partial charge in [-0.25, -0.2) is 8.42 Å². The van der Waals surface area contributed by atoms with Crippen LogP contribution in [-0.4, -0.2) is 67.7 Å². The van der Waals surface area contributed by atoms with Crippen molar-refractivity contribution in [3.05, 3.63) is 80.1 Å². The van der Waals surface area contributed by atoms with Gasteiger partial charge < -0.3 is 15.2 Å². The van der Waals surface area contributed by atoms with E-state index in [0.29, 0.717) is 46.7 Å². The van der Waals surface area contributed by atoms with Crippen LogP contribution in [0.1, 0.15) is 51.3 Å². The van der Waals surface area contributed by atoms with Gasteiger partial charge in [0, 0.05) is 71.0 Å². The topological polar surface area (TPSA) is 103 Å². The summed E-state index contributed by atoms with van der Waals surface area (Å²) in [7, 11) is -3.83. The third kappa shape index (κ3) is 5.63. The highest BCUT2D eigenvalue weighted by atomic mass is 35.5. The fourth-order valence-electron chi connectivity index (χ4n) is 5.79. The number of H-pyrrole nitrogens is 1. The first-order chi connectivity index (χ1) is 20.0. The molecular formula is C31H32Cl2N4O4S. The number of halogens is 2. The molecule has 2 aliphatic heterocycles. The van der Waals surface area contributed by atoms with E-state index in [2.05, 4.69) is 15.2 Å². The number of aromatic amines is 1. The number of rotatable bonds is 7. The summed E-state index contributed by atoms with van der Waals surface area (Å²) in [5.41, 5.74) is 4.36. The van der Waals surface area contributed by atoms with Crippen molar-refractivity contribution in [3.63, 3.8) is 0 Å². The van der Waals surface area contributed by atoms with Crippen molar-refractivity contribution in [3.8, 4) is 0 Å². The quantitative estimate of drug-likeness (QED) is 0.334. The summed E-state index contributed by atoms with van der Waals surface area (Å²) in [6.45, 7) is 8.01. The Bertz CT molecular complexity index is 1720. The lowest BCUT2D eigenvalue weighted by Crippen LogP contribution is -2.49. The van der Waals surface area contributed by atoms with Crippen molar-refractivity contribution in [2.24, 2.45) is 5.92 Å². The average molecular weight is 628 g/mol. The average Bonchev–Trinajstić information content (AvgIpc) is 3.65. The molecule has 2 amide bonds. The van der Waals surface area contributed by atoms with Gasteiger partial charge >= 0.3 is 0 Å². The number of fused-ring (bicyclic) bond motifs is 1. The molecule has 3 aromatic rings. The van der Waals surface area contributed by atoms with Crippen molar-refractivity contribution in [2.45, 2.75) is 37.3 Å². The molecule has 0 unspecified atom stereocenters. The lowest BCUT2D eigenvalue weighted by Gasteiger charge is -2.35. The molecule has 1 aromatic heterocycles. The molecule has 1 aliphatic carbocycles. The number of aromatic nitrogens is 1. The maximum Gasteiger partial charge on any atom is 0.256 e. The first kappa shape index (κ1) is 29.0. The third-order valence-electron chi connectivity index (χ3n) is 8.38. The standard InChI is InChI=1S/C31H32Cl2N4O4S/c1-18-28(34-19(2)29(18)31(39)37-12-10-36(11-13-37)16-20-6-7-20)15-23-22-14-21(8-9-27(22)35-30(23)38)42(40,41)17-24-25(32)4-3-5-26(24)33/h3-5,8-9,14-15,20,34H,6-7,10-13,16-17H2,1-2H3,(H,35,38)/b23-15-. The molecule has 0 radical (unpaired) electrons. The Kier molecular flexibility index (Phi) is 7.72. The highest BCUT2D eigenvalue weighted by Gasteiger charge is 2.31. The van der Waals surface area contributed by atoms with E-state index in [-0.39, 0.29) is 32.5 Å². The van der Waals surface area contributed by atoms with Gasteiger partial charge in [0.2, 0.25) is 0 Å². The van der Waals surface area contributed by atoms with Crippen molar-refractivity contribution in [1.82, 2.24) is 14.8 Å². The Morgan fingerprint density at radius 2 is 1.74 bits per heavy atom. The van der Waals surface area contributed by atoms with Crippen LogP contribution in [0, 0.1) is 19.8 Å². The monoisotopic (exact) mass is 626 g/mol. The number of nitrogens with zero attached hydrogens (tertiary/aromatic N) is 2. The highest BCUT2D eigenvalue weighted by molar-refractivity contribution is 7.90. The van der Waals surface area contributed by atoms with Crippen LogP contribution in [-0.2, 0) is 20.4 Å². The molecule has 0 atom stereocenters. The number of anilines is 1. The molecule has 11 heteroatoms. The molecule has 6 rings (SSSR count). The van der Waals surface area contributed by atoms with E-state index in [1.54, 1.807) is 30.3 Å². The molecule has 2 N–H and O–H groups in total. The Labute approximate surface area is 255 Å². The zero-order valence-corrected chi connectivity index (χ0v) is 25.8. The first-order valence-corrected chi connectivity index (χ1v) is 16.5. The van der Waals surface area contributed by atoms with Crippen LogP contribution >= 0.6 is 23.2 Å². The Morgan fingerprint density at radius 3 is 2.40 bits per heavy atom. The van der Waals surface area contributed by atoms with Gasteiger partial charge in [-0.15, -0.1) is 0 Å². The summed E-state index contributed by atoms with van der Waals surface area (Å²) < 4.78 is 26.7. The van der Waals surface area contributed by atoms with Crippen LogP contribution in [0.15, 0.2) is 41.3 Å². The van der Waals surface area contributed by atoms with E-state index < -0.39 is 9.84 Å². The molecule has 3 heterocycles. The van der Waals surface area contributed by atoms with Gasteiger partial charge in [0.05, 0.1) is 21.8 Å². The molecular weight excluding hydrogens is 595 g/mol. The van der Waals surface area contributed by atoms with E-state index >= 15 is 0 Å². The smallest absolute Gasteiger partial charge is 0.256 e. The normalized spacial score (nSPS) is 18.4. The molecule has 0 spiro atoms. The van der Waals surface area contributed by atoms with Gasteiger partial charge in [-0.3, -0.25) is 14.5 Å². The number of hydrogen-bond acceptors (Lipinski definition) is 5. The first-order valence-electron chi connectivity index (χ1n) is 14.1. The molecule has 3 aliphatic rings. The highest BCUT2D eigenvalue weighted by Crippen LogP contribution is 2.37. The number of piperazine rings is 1. The molecule has 1 saturated carbocycles. The van der Waals surface area contributed by atoms with Crippen LogP contribution in [0.25, 0.3) is 11.6 Å². The van der Waals surface area contributed by atoms with Crippen LogP contribution in [0.4, 0.5) is 5.69 Å². The van der Waals surface area contributed by atoms with Crippen molar-refractivity contribution < 1.29 is 18.0 Å². The number of benzene rings is 2. The van der Waals surface area contributed by atoms with Gasteiger partial charge in [-0.1, -0.05) is 29.3 Å². The van der Waals surface area contributed by atoms with E-state index in [1.807, 2.05) is 18.7 Å². The molecule has 2 aromatic carbocycles. The van der Waals surface area contributed by atoms with E-state index in [0.717, 1.165) is 36.8 Å². The van der Waals surface area contributed by atoms with Gasteiger partial charge in [0.15, 0.2) is 9.84 Å². The molecule has 1 saturated heterocycles. The second-order valence-corrected chi connectivity index (χ2v) is 14.2. The van der Waals surface area contributed by atoms with Gasteiger partial charge in [-0.05, 0) is 74.6 Å². The molecule has 220 valence electrons. The summed E-state index contributed by atoms with van der Waals surface area (Å²) in [5.74, 6) is 0.0896. The largest absolute Gasteiger partial charge is 0.358 e. The summed E-state index contributed by atoms with van der Waals surface area (Å²) in [5, 5.41) is 3.36. The zero-order chi connectivity index (χ0) is 29.8. The van der Waals surface area contributed by atoms with E-state index in [4.69, 9.17) is 23.2 Å². The fraction of sp³-hybridized carbons (Fsp3) is 0.355. The summed E-state index contributed by atoms with van der Waals surface area (Å²) >= 11 is 12.5. The predicted octanol–water partition coefficient (Wildman–Crippen LogP) is 5.57. The molecule has 42 heavy (non-hydrogen) atoms. The zero-order valence-electron chi connectivity index (χ0n) is 23.5. The summed E-state index contributed by atoms with van der Waals surface area (Å²) in [4.78, 5) is 34.3. The summed E-state index contributed by atoms with van der Waals surface area (Å²) in [6, 6.07) is 9.40. The second kappa shape index (κ2) is 11.2. The second-order valence-electron chi connectivity index (χ2n) is 11.4. The number of hydrogen-bond donors (Lipinski definition) is 2. The van der Waals surface area contributed by atoms with Crippen LogP contribution < -0.4 is 5.32 Å². The molecule has 2 fully saturated rings. The Balaban J connectivity index is 1.26. The number of amides is 2. The Hall–Kier alpha value is -3.11. The SMILES string of the molecule is Cc1[nH]c(/C=C2\C(=O)Nc3ccc(S(=O)(=O)Cc4c(Cl)cccc4Cl)cc32)c(C)c1C(=O)N1CCN(CC2CC2)CC1. The number of carbonyl (C=O) groups excluding carboxylic acids is 2. The minimum atomic E-state index is -3.83.